The van der Waals surface area contributed by atoms with Gasteiger partial charge in [-0.1, -0.05) is 363 Å². The van der Waals surface area contributed by atoms with E-state index in [1.54, 1.807) is 0 Å². The summed E-state index contributed by atoms with van der Waals surface area (Å²) in [4.78, 5) is 72.9. The average Bonchev–Trinajstić information content (AvgIpc) is 0.968. The molecular formula is C80H156O17P2. The smallest absolute Gasteiger partial charge is 0.462 e. The molecule has 0 rings (SSSR count). The van der Waals surface area contributed by atoms with E-state index < -0.39 is 97.5 Å². The number of hydrogen-bond donors (Lipinski definition) is 3. The highest BCUT2D eigenvalue weighted by Gasteiger charge is 2.30. The van der Waals surface area contributed by atoms with Gasteiger partial charge >= 0.3 is 39.5 Å². The lowest BCUT2D eigenvalue weighted by Crippen LogP contribution is -2.30. The van der Waals surface area contributed by atoms with Gasteiger partial charge in [-0.05, 0) is 43.4 Å². The van der Waals surface area contributed by atoms with Crippen molar-refractivity contribution in [3.8, 4) is 0 Å². The van der Waals surface area contributed by atoms with Crippen LogP contribution in [0.1, 0.15) is 414 Å². The van der Waals surface area contributed by atoms with Gasteiger partial charge in [-0.3, -0.25) is 37.3 Å². The highest BCUT2D eigenvalue weighted by molar-refractivity contribution is 7.47. The van der Waals surface area contributed by atoms with E-state index in [4.69, 9.17) is 37.0 Å². The molecule has 99 heavy (non-hydrogen) atoms. The van der Waals surface area contributed by atoms with E-state index in [9.17, 15) is 43.2 Å². The molecule has 0 fully saturated rings. The normalized spacial score (nSPS) is 14.5. The second-order valence-electron chi connectivity index (χ2n) is 29.8. The maximum absolute atomic E-state index is 13.1. The third-order valence-electron chi connectivity index (χ3n) is 19.4. The molecule has 17 nitrogen and oxygen atoms in total. The van der Waals surface area contributed by atoms with Crippen LogP contribution in [0.2, 0.25) is 0 Å². The van der Waals surface area contributed by atoms with Gasteiger partial charge in [-0.25, -0.2) is 9.13 Å². The molecular weight excluding hydrogens is 1290 g/mol. The number of carbonyl (C=O) groups excluding carboxylic acids is 4. The van der Waals surface area contributed by atoms with Gasteiger partial charge in [0.1, 0.15) is 19.3 Å². The Morgan fingerprint density at radius 3 is 0.768 bits per heavy atom. The van der Waals surface area contributed by atoms with Crippen LogP contribution in [0.25, 0.3) is 0 Å². The first kappa shape index (κ1) is 97.1. The maximum Gasteiger partial charge on any atom is 0.472 e. The Kier molecular flexibility index (Phi) is 69.0. The van der Waals surface area contributed by atoms with Crippen LogP contribution in [0.3, 0.4) is 0 Å². The van der Waals surface area contributed by atoms with E-state index in [-0.39, 0.29) is 25.7 Å². The molecule has 4 unspecified atom stereocenters. The summed E-state index contributed by atoms with van der Waals surface area (Å²) in [6.07, 6.45) is 58.1. The number of phosphoric ester groups is 2. The van der Waals surface area contributed by atoms with Gasteiger partial charge in [0.2, 0.25) is 0 Å². The summed E-state index contributed by atoms with van der Waals surface area (Å²) in [6, 6.07) is 0. The van der Waals surface area contributed by atoms with Crippen molar-refractivity contribution < 1.29 is 80.2 Å². The first-order chi connectivity index (χ1) is 47.8. The molecule has 588 valence electrons. The number of hydrogen-bond acceptors (Lipinski definition) is 15. The fourth-order valence-electron chi connectivity index (χ4n) is 12.2. The average molecular weight is 1450 g/mol. The van der Waals surface area contributed by atoms with Crippen molar-refractivity contribution in [1.82, 2.24) is 0 Å². The van der Waals surface area contributed by atoms with Gasteiger partial charge in [0.15, 0.2) is 12.2 Å². The molecule has 0 saturated heterocycles. The number of phosphoric acid groups is 2. The summed E-state index contributed by atoms with van der Waals surface area (Å²) < 4.78 is 68.6. The van der Waals surface area contributed by atoms with E-state index >= 15 is 0 Å². The molecule has 0 heterocycles. The molecule has 0 aromatic heterocycles. The number of esters is 4. The number of aliphatic hydroxyl groups is 1. The Morgan fingerprint density at radius 2 is 0.515 bits per heavy atom. The van der Waals surface area contributed by atoms with Crippen LogP contribution in [-0.2, 0) is 65.4 Å². The fraction of sp³-hybridized carbons (Fsp3) is 0.950. The lowest BCUT2D eigenvalue weighted by atomic mass is 9.99. The molecule has 0 amide bonds. The van der Waals surface area contributed by atoms with Crippen LogP contribution in [0, 0.1) is 17.8 Å². The molecule has 0 bridgehead atoms. The highest BCUT2D eigenvalue weighted by Crippen LogP contribution is 2.45. The van der Waals surface area contributed by atoms with Crippen LogP contribution >= 0.6 is 15.6 Å². The number of aliphatic hydroxyl groups excluding tert-OH is 1. The fourth-order valence-corrected chi connectivity index (χ4v) is 13.8. The van der Waals surface area contributed by atoms with Crippen molar-refractivity contribution in [2.45, 2.75) is 433 Å². The van der Waals surface area contributed by atoms with Crippen LogP contribution in [0.15, 0.2) is 0 Å². The Hall–Kier alpha value is -1.94. The highest BCUT2D eigenvalue weighted by atomic mass is 31.2. The second kappa shape index (κ2) is 70.4. The Labute approximate surface area is 607 Å². The first-order valence-corrected chi connectivity index (χ1v) is 44.4. The minimum absolute atomic E-state index is 0.107. The lowest BCUT2D eigenvalue weighted by Gasteiger charge is -2.21. The maximum atomic E-state index is 13.1. The van der Waals surface area contributed by atoms with Crippen LogP contribution in [-0.4, -0.2) is 96.7 Å². The SMILES string of the molecule is CCCCCCCCCCC(=O)OC[C@H](COP(=O)(O)OC[C@H](O)COP(=O)(O)OC[C@@H](COC(=O)CCCCCCCCCCCCCCCCC(C)CC)OC(=O)CCCCCCCCCCCCCCCCC(C)CC)OC(=O)CCCCCCCCCCCCCCC(C)C. The van der Waals surface area contributed by atoms with E-state index in [1.807, 2.05) is 0 Å². The summed E-state index contributed by atoms with van der Waals surface area (Å²) in [6.45, 7) is 12.0. The Morgan fingerprint density at radius 1 is 0.293 bits per heavy atom. The molecule has 0 saturated carbocycles. The zero-order chi connectivity index (χ0) is 73.0. The minimum Gasteiger partial charge on any atom is -0.462 e. The van der Waals surface area contributed by atoms with Crippen molar-refractivity contribution in [1.29, 1.82) is 0 Å². The van der Waals surface area contributed by atoms with Crippen molar-refractivity contribution in [2.24, 2.45) is 17.8 Å². The topological polar surface area (TPSA) is 237 Å². The predicted molar refractivity (Wildman–Crippen MR) is 405 cm³/mol. The van der Waals surface area contributed by atoms with Crippen molar-refractivity contribution >= 4 is 39.5 Å². The largest absolute Gasteiger partial charge is 0.472 e. The molecule has 19 heteroatoms. The molecule has 0 aliphatic rings. The molecule has 0 aliphatic carbocycles. The minimum atomic E-state index is -4.96. The predicted octanol–water partition coefficient (Wildman–Crippen LogP) is 23.7. The molecule has 3 N–H and O–H groups in total. The lowest BCUT2D eigenvalue weighted by molar-refractivity contribution is -0.161. The van der Waals surface area contributed by atoms with E-state index in [2.05, 4.69) is 48.5 Å². The Balaban J connectivity index is 5.22. The van der Waals surface area contributed by atoms with Crippen LogP contribution in [0.4, 0.5) is 0 Å². The van der Waals surface area contributed by atoms with Gasteiger partial charge < -0.3 is 33.8 Å². The standard InChI is InChI=1S/C80H156O17P2/c1-8-11-12-13-14-40-47-54-61-77(82)90-67-75(96-80(85)64-57-50-43-36-30-24-23-25-31-37-44-51-58-71(4)5)69-94-98(86,87)92-65-74(81)66-93-99(88,89)95-70-76(97-79(84)63-56-49-42-35-29-22-18-16-20-27-33-39-46-53-60-73(7)10-3)68-91-78(83)62-55-48-41-34-28-21-17-15-19-26-32-38-45-52-59-72(6)9-2/h71-76,81H,8-70H2,1-7H3,(H,86,87)(H,88,89)/t72?,73?,74-,75+,76+/m0/s1. The monoisotopic (exact) mass is 1450 g/mol. The van der Waals surface area contributed by atoms with Gasteiger partial charge in [-0.2, -0.15) is 0 Å². The van der Waals surface area contributed by atoms with E-state index in [0.29, 0.717) is 25.7 Å². The van der Waals surface area contributed by atoms with Crippen LogP contribution in [0.5, 0.6) is 0 Å². The van der Waals surface area contributed by atoms with Gasteiger partial charge in [0, 0.05) is 25.7 Å². The zero-order valence-electron chi connectivity index (χ0n) is 65.0. The zero-order valence-corrected chi connectivity index (χ0v) is 66.8. The van der Waals surface area contributed by atoms with Crippen LogP contribution < -0.4 is 0 Å². The third kappa shape index (κ3) is 71.5. The third-order valence-corrected chi connectivity index (χ3v) is 21.3. The van der Waals surface area contributed by atoms with Crippen molar-refractivity contribution in [2.75, 3.05) is 39.6 Å². The van der Waals surface area contributed by atoms with E-state index in [1.165, 1.54) is 218 Å². The quantitative estimate of drug-likeness (QED) is 0.0222. The molecule has 0 aromatic rings. The summed E-state index contributed by atoms with van der Waals surface area (Å²) in [5.41, 5.74) is 0. The first-order valence-electron chi connectivity index (χ1n) is 41.4. The number of carbonyl (C=O) groups is 4. The number of rotatable bonds is 78. The Bertz CT molecular complexity index is 1930. The van der Waals surface area contributed by atoms with Gasteiger partial charge in [0.05, 0.1) is 26.4 Å². The molecule has 0 spiro atoms. The number of unbranched alkanes of at least 4 members (excludes halogenated alkanes) is 44. The molecule has 0 aliphatic heterocycles. The summed E-state index contributed by atoms with van der Waals surface area (Å²) >= 11 is 0. The van der Waals surface area contributed by atoms with E-state index in [0.717, 1.165) is 114 Å². The van der Waals surface area contributed by atoms with Crippen molar-refractivity contribution in [3.05, 3.63) is 0 Å². The summed E-state index contributed by atoms with van der Waals surface area (Å²) in [5, 5.41) is 10.6. The van der Waals surface area contributed by atoms with Gasteiger partial charge in [-0.15, -0.1) is 0 Å². The summed E-state index contributed by atoms with van der Waals surface area (Å²) in [5.74, 6) is 0.359. The number of ether oxygens (including phenoxy) is 4. The van der Waals surface area contributed by atoms with Crippen molar-refractivity contribution in [3.63, 3.8) is 0 Å². The second-order valence-corrected chi connectivity index (χ2v) is 32.7. The molecule has 0 aromatic carbocycles. The molecule has 0 radical (unpaired) electrons. The molecule has 7 atom stereocenters. The van der Waals surface area contributed by atoms with Gasteiger partial charge in [0.25, 0.3) is 0 Å². The summed E-state index contributed by atoms with van der Waals surface area (Å²) in [7, 11) is -9.92.